The number of hydrogen-bond donors (Lipinski definition) is 0. The molecule has 31 heavy (non-hydrogen) atoms. The van der Waals surface area contributed by atoms with E-state index in [1.54, 1.807) is 4.90 Å². The minimum Gasteiger partial charge on any atom is -0.361 e. The number of piperazine rings is 1. The Balaban J connectivity index is 1.55. The van der Waals surface area contributed by atoms with Crippen molar-refractivity contribution < 1.29 is 22.5 Å². The van der Waals surface area contributed by atoms with E-state index in [0.717, 1.165) is 17.0 Å². The highest BCUT2D eigenvalue weighted by Crippen LogP contribution is 2.19. The average Bonchev–Trinajstić information content (AvgIpc) is 3.05. The number of sulfonamides is 1. The van der Waals surface area contributed by atoms with Crippen LogP contribution in [-0.2, 0) is 21.4 Å². The maximum Gasteiger partial charge on any atom is 0.243 e. The lowest BCUT2D eigenvalue weighted by Gasteiger charge is -2.34. The molecule has 1 aliphatic rings. The van der Waals surface area contributed by atoms with Crippen LogP contribution in [0.2, 0.25) is 0 Å². The van der Waals surface area contributed by atoms with Gasteiger partial charge in [-0.05, 0) is 40.0 Å². The molecule has 1 amide bonds. The van der Waals surface area contributed by atoms with Gasteiger partial charge in [-0.2, -0.15) is 4.31 Å². The fourth-order valence-corrected chi connectivity index (χ4v) is 5.00. The number of ketones is 1. The number of benzene rings is 1. The molecule has 1 aromatic heterocycles. The molecule has 168 valence electrons. The molecule has 1 saturated heterocycles. The second-order valence-electron chi connectivity index (χ2n) is 7.84. The third-order valence-corrected chi connectivity index (χ3v) is 7.42. The summed E-state index contributed by atoms with van der Waals surface area (Å²) in [6.07, 6.45) is 0. The molecule has 0 unspecified atom stereocenters. The summed E-state index contributed by atoms with van der Waals surface area (Å²) in [7, 11) is -1.81. The summed E-state index contributed by atoms with van der Waals surface area (Å²) in [5.41, 5.74) is 2.25. The topological polar surface area (TPSA) is 104 Å². The van der Waals surface area contributed by atoms with Crippen molar-refractivity contribution >= 4 is 21.7 Å². The zero-order valence-corrected chi connectivity index (χ0v) is 19.1. The number of rotatable bonds is 7. The number of likely N-dealkylation sites (N-methyl/N-ethyl adjacent to an activating group) is 1. The van der Waals surface area contributed by atoms with Crippen molar-refractivity contribution in [1.82, 2.24) is 19.3 Å². The minimum absolute atomic E-state index is 0.0443. The number of aromatic nitrogens is 1. The lowest BCUT2D eigenvalue weighted by molar-refractivity contribution is -0.133. The van der Waals surface area contributed by atoms with Crippen molar-refractivity contribution in [3.8, 4) is 0 Å². The van der Waals surface area contributed by atoms with Crippen molar-refractivity contribution in [3.63, 3.8) is 0 Å². The van der Waals surface area contributed by atoms with Crippen molar-refractivity contribution in [2.45, 2.75) is 32.2 Å². The molecule has 2 heterocycles. The van der Waals surface area contributed by atoms with Crippen molar-refractivity contribution in [2.75, 3.05) is 39.8 Å². The number of hydrogen-bond acceptors (Lipinski definition) is 7. The van der Waals surface area contributed by atoms with Crippen LogP contribution in [0.4, 0.5) is 0 Å². The first-order chi connectivity index (χ1) is 14.6. The Morgan fingerprint density at radius 2 is 1.71 bits per heavy atom. The van der Waals surface area contributed by atoms with E-state index in [9.17, 15) is 18.0 Å². The molecule has 10 heteroatoms. The second kappa shape index (κ2) is 9.29. The summed E-state index contributed by atoms with van der Waals surface area (Å²) >= 11 is 0. The molecule has 9 nitrogen and oxygen atoms in total. The van der Waals surface area contributed by atoms with Crippen LogP contribution in [0.1, 0.15) is 34.3 Å². The number of nitrogens with zero attached hydrogens (tertiary/aromatic N) is 4. The van der Waals surface area contributed by atoms with E-state index < -0.39 is 10.0 Å². The van der Waals surface area contributed by atoms with Crippen LogP contribution in [0.3, 0.4) is 0 Å². The number of carbonyl (C=O) groups excluding carboxylic acids is 2. The van der Waals surface area contributed by atoms with Gasteiger partial charge < -0.3 is 9.42 Å². The molecule has 0 aliphatic carbocycles. The Hall–Kier alpha value is -2.56. The van der Waals surface area contributed by atoms with Gasteiger partial charge in [0, 0.05) is 43.9 Å². The summed E-state index contributed by atoms with van der Waals surface area (Å²) in [6.45, 7) is 7.07. The Morgan fingerprint density at radius 3 is 2.23 bits per heavy atom. The molecule has 0 spiro atoms. The SMILES string of the molecule is CC(=O)c1ccc(S(=O)(=O)N2CCN(C(=O)CN(C)Cc3c(C)noc3C)CC2)cc1. The van der Waals surface area contributed by atoms with Crippen LogP contribution < -0.4 is 0 Å². The first-order valence-electron chi connectivity index (χ1n) is 10.1. The van der Waals surface area contributed by atoms with Crippen LogP contribution in [0.15, 0.2) is 33.7 Å². The van der Waals surface area contributed by atoms with Crippen molar-refractivity contribution in [3.05, 3.63) is 46.8 Å². The van der Waals surface area contributed by atoms with Gasteiger partial charge in [0.2, 0.25) is 15.9 Å². The molecule has 0 saturated carbocycles. The number of amides is 1. The molecular weight excluding hydrogens is 420 g/mol. The maximum absolute atomic E-state index is 12.9. The zero-order valence-electron chi connectivity index (χ0n) is 18.3. The molecule has 1 aromatic carbocycles. The normalized spacial score (nSPS) is 15.5. The third kappa shape index (κ3) is 5.20. The average molecular weight is 449 g/mol. The first kappa shape index (κ1) is 23.1. The van der Waals surface area contributed by atoms with E-state index in [1.807, 2.05) is 25.8 Å². The largest absolute Gasteiger partial charge is 0.361 e. The summed E-state index contributed by atoms with van der Waals surface area (Å²) in [4.78, 5) is 27.8. The molecule has 3 rings (SSSR count). The van der Waals surface area contributed by atoms with Gasteiger partial charge >= 0.3 is 0 Å². The van der Waals surface area contributed by atoms with Gasteiger partial charge in [0.05, 0.1) is 17.1 Å². The van der Waals surface area contributed by atoms with Crippen molar-refractivity contribution in [2.24, 2.45) is 0 Å². The lowest BCUT2D eigenvalue weighted by Crippen LogP contribution is -2.52. The Kier molecular flexibility index (Phi) is 6.93. The van der Waals surface area contributed by atoms with E-state index in [1.165, 1.54) is 35.5 Å². The predicted molar refractivity (Wildman–Crippen MR) is 114 cm³/mol. The van der Waals surface area contributed by atoms with Crippen LogP contribution in [0, 0.1) is 13.8 Å². The highest BCUT2D eigenvalue weighted by molar-refractivity contribution is 7.89. The van der Waals surface area contributed by atoms with Gasteiger partial charge in [0.25, 0.3) is 0 Å². The molecule has 0 bridgehead atoms. The van der Waals surface area contributed by atoms with Crippen molar-refractivity contribution in [1.29, 1.82) is 0 Å². The van der Waals surface area contributed by atoms with Gasteiger partial charge in [-0.3, -0.25) is 14.5 Å². The monoisotopic (exact) mass is 448 g/mol. The Bertz CT molecular complexity index is 1030. The number of Topliss-reactive ketones (excluding diaryl/α,β-unsaturated/α-hetero) is 1. The van der Waals surface area contributed by atoms with Crippen LogP contribution in [0.5, 0.6) is 0 Å². The van der Waals surface area contributed by atoms with Crippen LogP contribution >= 0.6 is 0 Å². The Labute approximate surface area is 182 Å². The predicted octanol–water partition coefficient (Wildman–Crippen LogP) is 1.46. The van der Waals surface area contributed by atoms with Gasteiger partial charge in [0.15, 0.2) is 5.78 Å². The summed E-state index contributed by atoms with van der Waals surface area (Å²) in [5.74, 6) is 0.583. The van der Waals surface area contributed by atoms with Gasteiger partial charge in [0.1, 0.15) is 5.76 Å². The van der Waals surface area contributed by atoms with E-state index >= 15 is 0 Å². The fourth-order valence-electron chi connectivity index (χ4n) is 3.57. The van der Waals surface area contributed by atoms with Gasteiger partial charge in [-0.1, -0.05) is 17.3 Å². The quantitative estimate of drug-likeness (QED) is 0.591. The highest BCUT2D eigenvalue weighted by atomic mass is 32.2. The molecular formula is C21H28N4O5S. The first-order valence-corrected chi connectivity index (χ1v) is 11.5. The van der Waals surface area contributed by atoms with Gasteiger partial charge in [-0.15, -0.1) is 0 Å². The van der Waals surface area contributed by atoms with E-state index in [4.69, 9.17) is 4.52 Å². The smallest absolute Gasteiger partial charge is 0.243 e. The minimum atomic E-state index is -3.66. The molecule has 1 aliphatic heterocycles. The van der Waals surface area contributed by atoms with Crippen LogP contribution in [-0.4, -0.2) is 79.1 Å². The fraction of sp³-hybridized carbons (Fsp3) is 0.476. The number of aryl methyl sites for hydroxylation is 2. The van der Waals surface area contributed by atoms with Gasteiger partial charge in [-0.25, -0.2) is 8.42 Å². The molecule has 1 fully saturated rings. The van der Waals surface area contributed by atoms with Crippen LogP contribution in [0.25, 0.3) is 0 Å². The summed E-state index contributed by atoms with van der Waals surface area (Å²) < 4.78 is 32.3. The highest BCUT2D eigenvalue weighted by Gasteiger charge is 2.30. The lowest BCUT2D eigenvalue weighted by atomic mass is 10.2. The molecule has 2 aromatic rings. The molecule has 0 radical (unpaired) electrons. The third-order valence-electron chi connectivity index (χ3n) is 5.50. The zero-order chi connectivity index (χ0) is 22.8. The van der Waals surface area contributed by atoms with E-state index in [2.05, 4.69) is 5.16 Å². The molecule has 0 atom stereocenters. The number of carbonyl (C=O) groups is 2. The molecule has 0 N–H and O–H groups in total. The second-order valence-corrected chi connectivity index (χ2v) is 9.78. The standard InChI is InChI=1S/C21H28N4O5S/c1-15-20(17(3)30-22-15)13-23(4)14-21(27)24-9-11-25(12-10-24)31(28,29)19-7-5-18(6-8-19)16(2)26/h5-8H,9-14H2,1-4H3. The maximum atomic E-state index is 12.9. The van der Waals surface area contributed by atoms with E-state index in [0.29, 0.717) is 25.2 Å². The summed E-state index contributed by atoms with van der Waals surface area (Å²) in [5, 5.41) is 3.93. The Morgan fingerprint density at radius 1 is 1.10 bits per heavy atom. The van der Waals surface area contributed by atoms with E-state index in [-0.39, 0.29) is 36.2 Å². The summed E-state index contributed by atoms with van der Waals surface area (Å²) in [6, 6.07) is 5.94.